The van der Waals surface area contributed by atoms with Crippen LogP contribution in [0.5, 0.6) is 0 Å². The second-order valence-corrected chi connectivity index (χ2v) is 5.37. The Morgan fingerprint density at radius 3 is 2.95 bits per heavy atom. The van der Waals surface area contributed by atoms with Gasteiger partial charge in [-0.25, -0.2) is 0 Å². The zero-order chi connectivity index (χ0) is 14.8. The maximum atomic E-state index is 5.36. The number of nitrogens with one attached hydrogen (secondary N) is 1. The van der Waals surface area contributed by atoms with Gasteiger partial charge in [0.1, 0.15) is 0 Å². The van der Waals surface area contributed by atoms with Crippen molar-refractivity contribution in [3.05, 3.63) is 36.9 Å². The van der Waals surface area contributed by atoms with Crippen molar-refractivity contribution in [2.45, 2.75) is 18.9 Å². The van der Waals surface area contributed by atoms with Crippen molar-refractivity contribution in [2.75, 3.05) is 13.1 Å². The van der Waals surface area contributed by atoms with E-state index in [1.165, 1.54) is 6.42 Å². The van der Waals surface area contributed by atoms with E-state index in [9.17, 15) is 0 Å². The second kappa shape index (κ2) is 5.69. The van der Waals surface area contributed by atoms with Gasteiger partial charge in [-0.3, -0.25) is 9.67 Å². The van der Waals surface area contributed by atoms with Gasteiger partial charge in [-0.1, -0.05) is 5.16 Å². The Hall–Kier alpha value is -2.54. The van der Waals surface area contributed by atoms with E-state index in [1.807, 2.05) is 23.0 Å². The Balaban J connectivity index is 1.58. The molecule has 1 atom stereocenters. The van der Waals surface area contributed by atoms with Gasteiger partial charge >= 0.3 is 0 Å². The summed E-state index contributed by atoms with van der Waals surface area (Å²) in [6.07, 6.45) is 9.48. The summed E-state index contributed by atoms with van der Waals surface area (Å²) >= 11 is 0. The average Bonchev–Trinajstić information content (AvgIpc) is 3.26. The molecule has 112 valence electrons. The van der Waals surface area contributed by atoms with E-state index in [4.69, 9.17) is 4.52 Å². The van der Waals surface area contributed by atoms with Gasteiger partial charge in [-0.15, -0.1) is 0 Å². The summed E-state index contributed by atoms with van der Waals surface area (Å²) < 4.78 is 7.34. The summed E-state index contributed by atoms with van der Waals surface area (Å²) in [6.45, 7) is 2.04. The van der Waals surface area contributed by atoms with E-state index in [0.29, 0.717) is 17.8 Å². The molecule has 0 aliphatic carbocycles. The third-order valence-corrected chi connectivity index (χ3v) is 3.86. The van der Waals surface area contributed by atoms with Gasteiger partial charge in [0, 0.05) is 30.7 Å². The number of rotatable bonds is 3. The quantitative estimate of drug-likeness (QED) is 0.795. The molecule has 0 amide bonds. The van der Waals surface area contributed by atoms with Gasteiger partial charge in [-0.2, -0.15) is 10.1 Å². The Morgan fingerprint density at radius 1 is 1.23 bits per heavy atom. The minimum absolute atomic E-state index is 0.394. The van der Waals surface area contributed by atoms with Crippen LogP contribution in [0.15, 0.2) is 41.4 Å². The van der Waals surface area contributed by atoms with Crippen LogP contribution in [0.3, 0.4) is 0 Å². The minimum atomic E-state index is 0.394. The molecule has 3 aromatic rings. The van der Waals surface area contributed by atoms with Gasteiger partial charge in [0.05, 0.1) is 17.8 Å². The molecular formula is C15H16N6O. The van der Waals surface area contributed by atoms with Crippen LogP contribution in [0.25, 0.3) is 22.8 Å². The molecule has 0 radical (unpaired) electrons. The maximum absolute atomic E-state index is 5.36. The second-order valence-electron chi connectivity index (χ2n) is 5.37. The largest absolute Gasteiger partial charge is 0.333 e. The van der Waals surface area contributed by atoms with E-state index in [0.717, 1.165) is 30.6 Å². The molecule has 0 spiro atoms. The van der Waals surface area contributed by atoms with Crippen molar-refractivity contribution >= 4 is 0 Å². The van der Waals surface area contributed by atoms with E-state index in [1.54, 1.807) is 18.6 Å². The molecule has 4 rings (SSSR count). The predicted octanol–water partition coefficient (Wildman–Crippen LogP) is 1.92. The number of piperidine rings is 1. The highest BCUT2D eigenvalue weighted by Crippen LogP contribution is 2.23. The Morgan fingerprint density at radius 2 is 2.14 bits per heavy atom. The third-order valence-electron chi connectivity index (χ3n) is 3.86. The number of hydrogen-bond donors (Lipinski definition) is 1. The standard InChI is InChI=1S/C15H16N6O/c1-2-13(9-17-5-1)21-10-12(8-18-21)15-19-14(20-22-15)11-3-6-16-7-4-11/h3-4,6-8,10,13,17H,1-2,5,9H2. The third kappa shape index (κ3) is 2.50. The summed E-state index contributed by atoms with van der Waals surface area (Å²) in [5, 5.41) is 11.8. The molecule has 0 aromatic carbocycles. The predicted molar refractivity (Wildman–Crippen MR) is 79.9 cm³/mol. The number of aromatic nitrogens is 5. The molecule has 0 saturated carbocycles. The van der Waals surface area contributed by atoms with E-state index < -0.39 is 0 Å². The first-order valence-corrected chi connectivity index (χ1v) is 7.39. The fraction of sp³-hybridized carbons (Fsp3) is 0.333. The normalized spacial score (nSPS) is 18.5. The maximum Gasteiger partial charge on any atom is 0.261 e. The van der Waals surface area contributed by atoms with Gasteiger partial charge in [0.2, 0.25) is 5.82 Å². The first-order chi connectivity index (χ1) is 10.9. The summed E-state index contributed by atoms with van der Waals surface area (Å²) in [4.78, 5) is 8.42. The number of pyridine rings is 1. The number of hydrogen-bond acceptors (Lipinski definition) is 6. The van der Waals surface area contributed by atoms with Crippen molar-refractivity contribution in [2.24, 2.45) is 0 Å². The fourth-order valence-electron chi connectivity index (χ4n) is 2.67. The van der Waals surface area contributed by atoms with E-state index >= 15 is 0 Å². The molecule has 7 heteroatoms. The van der Waals surface area contributed by atoms with Crippen LogP contribution in [-0.4, -0.2) is 38.0 Å². The fourth-order valence-corrected chi connectivity index (χ4v) is 2.67. The zero-order valence-electron chi connectivity index (χ0n) is 12.0. The summed E-state index contributed by atoms with van der Waals surface area (Å²) in [7, 11) is 0. The SMILES string of the molecule is c1cc(-c2noc(-c3cnn(C4CCCNC4)c3)n2)ccn1. The molecule has 1 aliphatic heterocycles. The molecular weight excluding hydrogens is 280 g/mol. The highest BCUT2D eigenvalue weighted by atomic mass is 16.5. The van der Waals surface area contributed by atoms with Crippen LogP contribution in [-0.2, 0) is 0 Å². The van der Waals surface area contributed by atoms with Crippen LogP contribution < -0.4 is 5.32 Å². The van der Waals surface area contributed by atoms with Crippen molar-refractivity contribution in [1.29, 1.82) is 0 Å². The van der Waals surface area contributed by atoms with Crippen LogP contribution in [0.1, 0.15) is 18.9 Å². The molecule has 0 bridgehead atoms. The summed E-state index contributed by atoms with van der Waals surface area (Å²) in [5.41, 5.74) is 1.73. The smallest absolute Gasteiger partial charge is 0.261 e. The van der Waals surface area contributed by atoms with Crippen molar-refractivity contribution in [3.63, 3.8) is 0 Å². The lowest BCUT2D eigenvalue weighted by Crippen LogP contribution is -2.31. The molecule has 4 heterocycles. The van der Waals surface area contributed by atoms with Crippen molar-refractivity contribution in [1.82, 2.24) is 30.2 Å². The highest BCUT2D eigenvalue weighted by Gasteiger charge is 2.18. The van der Waals surface area contributed by atoms with Crippen LogP contribution in [0.4, 0.5) is 0 Å². The van der Waals surface area contributed by atoms with Crippen LogP contribution in [0.2, 0.25) is 0 Å². The lowest BCUT2D eigenvalue weighted by Gasteiger charge is -2.22. The Kier molecular flexibility index (Phi) is 3.40. The molecule has 1 aliphatic rings. The first-order valence-electron chi connectivity index (χ1n) is 7.39. The summed E-state index contributed by atoms with van der Waals surface area (Å²) in [6, 6.07) is 4.10. The first kappa shape index (κ1) is 13.1. The molecule has 1 saturated heterocycles. The highest BCUT2D eigenvalue weighted by molar-refractivity contribution is 5.58. The van der Waals surface area contributed by atoms with Crippen LogP contribution in [0, 0.1) is 0 Å². The molecule has 1 fully saturated rings. The van der Waals surface area contributed by atoms with Gasteiger partial charge in [0.15, 0.2) is 0 Å². The Bertz CT molecular complexity index is 744. The molecule has 1 unspecified atom stereocenters. The zero-order valence-corrected chi connectivity index (χ0v) is 12.0. The van der Waals surface area contributed by atoms with E-state index in [-0.39, 0.29) is 0 Å². The average molecular weight is 296 g/mol. The van der Waals surface area contributed by atoms with Crippen molar-refractivity contribution in [3.8, 4) is 22.8 Å². The molecule has 22 heavy (non-hydrogen) atoms. The topological polar surface area (TPSA) is 81.7 Å². The van der Waals surface area contributed by atoms with Crippen LogP contribution >= 0.6 is 0 Å². The molecule has 3 aromatic heterocycles. The van der Waals surface area contributed by atoms with Gasteiger partial charge in [-0.05, 0) is 31.5 Å². The van der Waals surface area contributed by atoms with Crippen molar-refractivity contribution < 1.29 is 4.52 Å². The minimum Gasteiger partial charge on any atom is -0.333 e. The number of nitrogens with zero attached hydrogens (tertiary/aromatic N) is 5. The van der Waals surface area contributed by atoms with Gasteiger partial charge in [0.25, 0.3) is 5.89 Å². The van der Waals surface area contributed by atoms with E-state index in [2.05, 4.69) is 25.5 Å². The molecule has 7 nitrogen and oxygen atoms in total. The monoisotopic (exact) mass is 296 g/mol. The summed E-state index contributed by atoms with van der Waals surface area (Å²) in [5.74, 6) is 1.05. The lowest BCUT2D eigenvalue weighted by molar-refractivity contribution is 0.347. The van der Waals surface area contributed by atoms with Gasteiger partial charge < -0.3 is 9.84 Å². The Labute approximate surface area is 127 Å². The molecule has 1 N–H and O–H groups in total. The lowest BCUT2D eigenvalue weighted by atomic mass is 10.1.